The number of hydrogen-bond donors (Lipinski definition) is 2. The molecule has 44 heavy (non-hydrogen) atoms. The number of benzene rings is 2. The third-order valence-corrected chi connectivity index (χ3v) is 13.5. The highest BCUT2D eigenvalue weighted by Crippen LogP contribution is 2.44. The van der Waals surface area contributed by atoms with Crippen LogP contribution in [0, 0.1) is 16.0 Å². The van der Waals surface area contributed by atoms with Gasteiger partial charge in [0.2, 0.25) is 17.6 Å². The lowest BCUT2D eigenvalue weighted by molar-refractivity contribution is -0.385. The number of nitrogens with two attached hydrogens (primary N) is 1. The quantitative estimate of drug-likeness (QED) is 0.126. The highest BCUT2D eigenvalue weighted by molar-refractivity contribution is 6.99. The number of pyridine rings is 1. The zero-order valence-electron chi connectivity index (χ0n) is 25.7. The van der Waals surface area contributed by atoms with E-state index in [-0.39, 0.29) is 34.3 Å². The second-order valence-electron chi connectivity index (χ2n) is 12.2. The molecule has 1 saturated carbocycles. The fraction of sp³-hybridized carbons (Fsp3) is 0.364. The van der Waals surface area contributed by atoms with Gasteiger partial charge in [-0.25, -0.2) is 9.97 Å². The van der Waals surface area contributed by atoms with Crippen molar-refractivity contribution < 1.29 is 14.1 Å². The largest absolute Gasteiger partial charge is 0.480 e. The van der Waals surface area contributed by atoms with Crippen LogP contribution in [0.3, 0.4) is 0 Å². The molecule has 0 spiro atoms. The van der Waals surface area contributed by atoms with Crippen LogP contribution in [0.1, 0.15) is 58.1 Å². The topological polar surface area (TPSA) is 138 Å². The predicted molar refractivity (Wildman–Crippen MR) is 175 cm³/mol. The van der Waals surface area contributed by atoms with E-state index in [9.17, 15) is 10.1 Å². The molecule has 11 heteroatoms. The summed E-state index contributed by atoms with van der Waals surface area (Å²) in [4.78, 5) is 25.1. The molecule has 0 aliphatic heterocycles. The maximum absolute atomic E-state index is 12.4. The Hall–Kier alpha value is -4.35. The zero-order chi connectivity index (χ0) is 31.3. The summed E-state index contributed by atoms with van der Waals surface area (Å²) in [6, 6.07) is 24.5. The third kappa shape index (κ3) is 6.15. The molecule has 2 heterocycles. The van der Waals surface area contributed by atoms with E-state index in [0.717, 1.165) is 25.7 Å². The van der Waals surface area contributed by atoms with Crippen molar-refractivity contribution in [2.75, 3.05) is 24.8 Å². The fourth-order valence-electron chi connectivity index (χ4n) is 6.52. The fourth-order valence-corrected chi connectivity index (χ4v) is 11.1. The van der Waals surface area contributed by atoms with Crippen molar-refractivity contribution in [3.8, 4) is 5.88 Å². The monoisotopic (exact) mass is 612 g/mol. The Labute approximate surface area is 259 Å². The molecule has 1 fully saturated rings. The second-order valence-corrected chi connectivity index (χ2v) is 16.5. The Morgan fingerprint density at radius 3 is 2.20 bits per heavy atom. The van der Waals surface area contributed by atoms with Crippen LogP contribution >= 0.6 is 0 Å². The first-order valence-electron chi connectivity index (χ1n) is 15.0. The van der Waals surface area contributed by atoms with E-state index in [4.69, 9.17) is 19.9 Å². The molecule has 0 radical (unpaired) electrons. The Kier molecular flexibility index (Phi) is 9.26. The van der Waals surface area contributed by atoms with Gasteiger partial charge in [-0.15, -0.1) is 0 Å². The zero-order valence-corrected chi connectivity index (χ0v) is 26.7. The predicted octanol–water partition coefficient (Wildman–Crippen LogP) is 5.96. The molecule has 2 aromatic carbocycles. The van der Waals surface area contributed by atoms with Gasteiger partial charge in [0.1, 0.15) is 11.4 Å². The average Bonchev–Trinajstić information content (AvgIpc) is 3.02. The normalized spacial score (nSPS) is 17.2. The van der Waals surface area contributed by atoms with Crippen LogP contribution in [0.5, 0.6) is 5.88 Å². The van der Waals surface area contributed by atoms with Crippen LogP contribution in [0.4, 0.5) is 23.1 Å². The number of nitrogens with zero attached hydrogens (tertiary/aromatic N) is 4. The number of anilines is 3. The Bertz CT molecular complexity index is 1540. The third-order valence-electron chi connectivity index (χ3n) is 8.52. The SMILES string of the molecule is COc1ncccc1Nc1nc(N)c([N+](=O)[O-])c([C@@H]2CCCC[C@@H]2CO[Si](c2ccccc2)(c2ccccc2)C(C)(C)C)n1. The number of nitro groups is 1. The molecule has 4 aromatic rings. The van der Waals surface area contributed by atoms with Crippen molar-refractivity contribution in [2.45, 2.75) is 57.4 Å². The van der Waals surface area contributed by atoms with Gasteiger partial charge in [-0.2, -0.15) is 4.98 Å². The molecule has 1 aliphatic carbocycles. The summed E-state index contributed by atoms with van der Waals surface area (Å²) < 4.78 is 12.7. The Morgan fingerprint density at radius 1 is 0.977 bits per heavy atom. The summed E-state index contributed by atoms with van der Waals surface area (Å²) >= 11 is 0. The van der Waals surface area contributed by atoms with Gasteiger partial charge in [0, 0.05) is 18.7 Å². The molecule has 10 nitrogen and oxygen atoms in total. The van der Waals surface area contributed by atoms with Crippen LogP contribution < -0.4 is 26.2 Å². The molecule has 0 bridgehead atoms. The van der Waals surface area contributed by atoms with Crippen LogP contribution in [-0.2, 0) is 4.43 Å². The number of methoxy groups -OCH3 is 1. The van der Waals surface area contributed by atoms with Gasteiger partial charge < -0.3 is 20.2 Å². The number of nitrogens with one attached hydrogen (secondary N) is 1. The highest BCUT2D eigenvalue weighted by Gasteiger charge is 2.51. The standard InChI is InChI=1S/C33H40N6O4Si/c1-33(2,3)44(24-15-7-5-8-16-24,25-17-9-6-10-18-25)43-22-23-14-11-12-19-26(23)28-29(39(40)41)30(34)38-32(37-28)36-27-20-13-21-35-31(27)42-4/h5-10,13,15-18,20-21,23,26H,11-12,14,19,22H2,1-4H3,(H3,34,36,37,38)/t23-,26-/m1/s1. The summed E-state index contributed by atoms with van der Waals surface area (Å²) in [6.07, 6.45) is 5.15. The van der Waals surface area contributed by atoms with E-state index in [1.165, 1.54) is 17.5 Å². The van der Waals surface area contributed by atoms with Crippen molar-refractivity contribution in [2.24, 2.45) is 5.92 Å². The molecular weight excluding hydrogens is 572 g/mol. The van der Waals surface area contributed by atoms with Crippen LogP contribution in [-0.4, -0.2) is 41.9 Å². The first-order chi connectivity index (χ1) is 21.2. The van der Waals surface area contributed by atoms with Crippen LogP contribution in [0.25, 0.3) is 0 Å². The minimum atomic E-state index is -2.81. The smallest absolute Gasteiger partial charge is 0.332 e. The van der Waals surface area contributed by atoms with Crippen molar-refractivity contribution in [1.29, 1.82) is 0 Å². The molecule has 3 N–H and O–H groups in total. The molecule has 0 saturated heterocycles. The number of rotatable bonds is 10. The molecule has 2 aromatic heterocycles. The lowest BCUT2D eigenvalue weighted by atomic mass is 9.77. The molecule has 2 atom stereocenters. The Morgan fingerprint density at radius 2 is 1.61 bits per heavy atom. The molecular formula is C33H40N6O4Si. The molecule has 0 unspecified atom stereocenters. The minimum Gasteiger partial charge on any atom is -0.480 e. The number of ether oxygens (including phenoxy) is 1. The van der Waals surface area contributed by atoms with Crippen molar-refractivity contribution in [3.05, 3.63) is 94.8 Å². The minimum absolute atomic E-state index is 0.000762. The van der Waals surface area contributed by atoms with Crippen LogP contribution in [0.2, 0.25) is 5.04 Å². The first kappa shape index (κ1) is 31.1. The average molecular weight is 613 g/mol. The van der Waals surface area contributed by atoms with Gasteiger partial charge in [-0.05, 0) is 46.3 Å². The first-order valence-corrected chi connectivity index (χ1v) is 16.9. The van der Waals surface area contributed by atoms with E-state index in [2.05, 4.69) is 84.6 Å². The summed E-state index contributed by atoms with van der Waals surface area (Å²) in [5, 5.41) is 17.7. The summed E-state index contributed by atoms with van der Waals surface area (Å²) in [6.45, 7) is 7.19. The number of nitrogen functional groups attached to an aromatic ring is 1. The van der Waals surface area contributed by atoms with E-state index >= 15 is 0 Å². The molecule has 0 amide bonds. The summed E-state index contributed by atoms with van der Waals surface area (Å²) in [5.41, 5.74) is 6.88. The maximum atomic E-state index is 12.4. The lowest BCUT2D eigenvalue weighted by Gasteiger charge is -2.44. The van der Waals surface area contributed by atoms with Gasteiger partial charge in [0.25, 0.3) is 8.32 Å². The van der Waals surface area contributed by atoms with Crippen molar-refractivity contribution in [1.82, 2.24) is 15.0 Å². The van der Waals surface area contributed by atoms with Gasteiger partial charge in [-0.1, -0.05) is 94.3 Å². The maximum Gasteiger partial charge on any atom is 0.332 e. The Balaban J connectivity index is 1.55. The van der Waals surface area contributed by atoms with Gasteiger partial charge >= 0.3 is 5.69 Å². The number of hydrogen-bond acceptors (Lipinski definition) is 9. The van der Waals surface area contributed by atoms with Crippen molar-refractivity contribution >= 4 is 41.8 Å². The van der Waals surface area contributed by atoms with Gasteiger partial charge in [0.15, 0.2) is 0 Å². The van der Waals surface area contributed by atoms with Gasteiger partial charge in [-0.3, -0.25) is 10.1 Å². The van der Waals surface area contributed by atoms with E-state index in [0.29, 0.717) is 23.9 Å². The van der Waals surface area contributed by atoms with E-state index in [1.54, 1.807) is 18.3 Å². The molecule has 1 aliphatic rings. The molecule has 5 rings (SSSR count). The van der Waals surface area contributed by atoms with Crippen molar-refractivity contribution in [3.63, 3.8) is 0 Å². The van der Waals surface area contributed by atoms with Crippen LogP contribution in [0.15, 0.2) is 79.0 Å². The second kappa shape index (κ2) is 13.1. The lowest BCUT2D eigenvalue weighted by Crippen LogP contribution is -2.67. The molecule has 230 valence electrons. The summed E-state index contributed by atoms with van der Waals surface area (Å²) in [7, 11) is -1.29. The highest BCUT2D eigenvalue weighted by atomic mass is 28.4. The summed E-state index contributed by atoms with van der Waals surface area (Å²) in [5.74, 6) is 0.0983. The van der Waals surface area contributed by atoms with E-state index < -0.39 is 13.2 Å². The van der Waals surface area contributed by atoms with Gasteiger partial charge in [0.05, 0.1) is 12.0 Å². The number of aromatic nitrogens is 3. The van der Waals surface area contributed by atoms with E-state index in [1.807, 2.05) is 12.1 Å².